The van der Waals surface area contributed by atoms with Crippen LogP contribution in [0.25, 0.3) is 5.65 Å². The van der Waals surface area contributed by atoms with Crippen LogP contribution in [0.2, 0.25) is 5.02 Å². The van der Waals surface area contributed by atoms with Gasteiger partial charge in [-0.2, -0.15) is 9.38 Å². The van der Waals surface area contributed by atoms with Gasteiger partial charge in [-0.25, -0.2) is 0 Å². The maximum atomic E-state index is 11.4. The maximum absolute atomic E-state index is 11.4. The minimum Gasteiger partial charge on any atom is -0.486 e. The summed E-state index contributed by atoms with van der Waals surface area (Å²) in [6.07, 6.45) is 1.60. The Kier molecular flexibility index (Phi) is 3.81. The zero-order chi connectivity index (χ0) is 17.4. The lowest BCUT2D eigenvalue weighted by molar-refractivity contribution is -0.389. The van der Waals surface area contributed by atoms with Crippen molar-refractivity contribution in [3.8, 4) is 11.5 Å². The molecule has 0 aliphatic carbocycles. The number of nitro groups is 1. The molecule has 0 bridgehead atoms. The number of nitrogens with one attached hydrogen (secondary N) is 1. The van der Waals surface area contributed by atoms with Crippen molar-refractivity contribution in [2.75, 3.05) is 18.5 Å². The lowest BCUT2D eigenvalue weighted by Crippen LogP contribution is -2.16. The van der Waals surface area contributed by atoms with Gasteiger partial charge in [0.2, 0.25) is 11.5 Å². The summed E-state index contributed by atoms with van der Waals surface area (Å²) in [7, 11) is 0. The molecule has 2 aromatic heterocycles. The third-order valence-electron chi connectivity index (χ3n) is 3.79. The van der Waals surface area contributed by atoms with Crippen molar-refractivity contribution in [3.63, 3.8) is 0 Å². The van der Waals surface area contributed by atoms with Gasteiger partial charge < -0.3 is 24.9 Å². The molecular weight excluding hydrogens is 348 g/mol. The lowest BCUT2D eigenvalue weighted by Gasteiger charge is -2.20. The number of anilines is 1. The number of halogens is 1. The van der Waals surface area contributed by atoms with E-state index < -0.39 is 4.92 Å². The molecule has 1 aliphatic rings. The number of rotatable bonds is 4. The number of nitrogens with zero attached hydrogens (tertiary/aromatic N) is 3. The van der Waals surface area contributed by atoms with Gasteiger partial charge >= 0.3 is 5.82 Å². The van der Waals surface area contributed by atoms with Gasteiger partial charge in [0.25, 0.3) is 0 Å². The number of aromatic nitrogens is 2. The van der Waals surface area contributed by atoms with Gasteiger partial charge in [-0.05, 0) is 28.7 Å². The SMILES string of the molecule is O=[N+]([O-])c1c(NCc2cc(Cl)c3c(c2)OCCO3)nc2ccccn12. The van der Waals surface area contributed by atoms with Gasteiger partial charge in [0, 0.05) is 12.6 Å². The second-order valence-electron chi connectivity index (χ2n) is 5.43. The molecule has 0 atom stereocenters. The summed E-state index contributed by atoms with van der Waals surface area (Å²) in [4.78, 5) is 15.2. The average molecular weight is 361 g/mol. The lowest BCUT2D eigenvalue weighted by atomic mass is 10.2. The topological polar surface area (TPSA) is 90.9 Å². The highest BCUT2D eigenvalue weighted by Gasteiger charge is 2.22. The first-order valence-electron chi connectivity index (χ1n) is 7.57. The molecule has 25 heavy (non-hydrogen) atoms. The molecule has 1 N–H and O–H groups in total. The van der Waals surface area contributed by atoms with Gasteiger partial charge in [0.05, 0.1) is 11.2 Å². The van der Waals surface area contributed by atoms with E-state index in [9.17, 15) is 10.1 Å². The van der Waals surface area contributed by atoms with Crippen LogP contribution in [-0.2, 0) is 6.54 Å². The molecule has 0 saturated heterocycles. The molecule has 0 radical (unpaired) electrons. The summed E-state index contributed by atoms with van der Waals surface area (Å²) >= 11 is 6.21. The standard InChI is InChI=1S/C16H13ClN4O4/c17-11-7-10(8-12-14(11)25-6-5-24-12)9-18-15-16(21(22)23)20-4-2-1-3-13(20)19-15/h1-4,7-8,18H,5-6,9H2. The second-order valence-corrected chi connectivity index (χ2v) is 5.83. The molecule has 0 fully saturated rings. The van der Waals surface area contributed by atoms with Gasteiger partial charge in [-0.1, -0.05) is 17.7 Å². The Morgan fingerprint density at radius 1 is 1.32 bits per heavy atom. The molecule has 128 valence electrons. The molecule has 3 heterocycles. The van der Waals surface area contributed by atoms with Crippen molar-refractivity contribution in [2.45, 2.75) is 6.54 Å². The summed E-state index contributed by atoms with van der Waals surface area (Å²) in [5, 5.41) is 14.8. The molecule has 1 aromatic carbocycles. The van der Waals surface area contributed by atoms with Crippen LogP contribution in [0.3, 0.4) is 0 Å². The molecular formula is C16H13ClN4O4. The quantitative estimate of drug-likeness (QED) is 0.567. The molecule has 9 heteroatoms. The number of benzene rings is 1. The highest BCUT2D eigenvalue weighted by Crippen LogP contribution is 2.38. The summed E-state index contributed by atoms with van der Waals surface area (Å²) in [6.45, 7) is 1.22. The molecule has 0 saturated carbocycles. The molecule has 8 nitrogen and oxygen atoms in total. The third kappa shape index (κ3) is 2.80. The van der Waals surface area contributed by atoms with Crippen LogP contribution in [0, 0.1) is 10.1 Å². The van der Waals surface area contributed by atoms with Crippen molar-refractivity contribution in [3.05, 3.63) is 57.2 Å². The largest absolute Gasteiger partial charge is 0.486 e. The minimum absolute atomic E-state index is 0.112. The molecule has 0 amide bonds. The van der Waals surface area contributed by atoms with Crippen molar-refractivity contribution in [1.82, 2.24) is 9.38 Å². The van der Waals surface area contributed by atoms with Crippen LogP contribution < -0.4 is 14.8 Å². The number of hydrogen-bond acceptors (Lipinski definition) is 6. The van der Waals surface area contributed by atoms with Crippen molar-refractivity contribution in [2.24, 2.45) is 0 Å². The highest BCUT2D eigenvalue weighted by atomic mass is 35.5. The number of fused-ring (bicyclic) bond motifs is 2. The van der Waals surface area contributed by atoms with E-state index in [0.717, 1.165) is 5.56 Å². The van der Waals surface area contributed by atoms with Crippen LogP contribution in [0.15, 0.2) is 36.5 Å². The Balaban J connectivity index is 1.64. The summed E-state index contributed by atoms with van der Waals surface area (Å²) in [6, 6.07) is 8.74. The zero-order valence-electron chi connectivity index (χ0n) is 12.9. The van der Waals surface area contributed by atoms with Gasteiger partial charge in [-0.3, -0.25) is 0 Å². The first-order valence-corrected chi connectivity index (χ1v) is 7.94. The Morgan fingerprint density at radius 3 is 3.00 bits per heavy atom. The van der Waals surface area contributed by atoms with Crippen LogP contribution >= 0.6 is 11.6 Å². The number of pyridine rings is 1. The molecule has 4 rings (SSSR count). The predicted octanol–water partition coefficient (Wildman–Crippen LogP) is 3.28. The monoisotopic (exact) mass is 360 g/mol. The fourth-order valence-electron chi connectivity index (χ4n) is 2.73. The number of imidazole rings is 1. The van der Waals surface area contributed by atoms with Crippen molar-refractivity contribution < 1.29 is 14.4 Å². The van der Waals surface area contributed by atoms with E-state index in [-0.39, 0.29) is 11.6 Å². The van der Waals surface area contributed by atoms with Crippen molar-refractivity contribution in [1.29, 1.82) is 0 Å². The molecule has 3 aromatic rings. The van der Waals surface area contributed by atoms with E-state index in [0.29, 0.717) is 41.9 Å². The highest BCUT2D eigenvalue weighted by molar-refractivity contribution is 6.32. The zero-order valence-corrected chi connectivity index (χ0v) is 13.7. The Hall–Kier alpha value is -3.00. The summed E-state index contributed by atoms with van der Waals surface area (Å²) in [5.41, 5.74) is 1.30. The molecule has 0 spiro atoms. The van der Waals surface area contributed by atoms with Gasteiger partial charge in [-0.15, -0.1) is 0 Å². The van der Waals surface area contributed by atoms with Gasteiger partial charge in [0.1, 0.15) is 13.2 Å². The first-order chi connectivity index (χ1) is 12.1. The Bertz CT molecular complexity index is 972. The first kappa shape index (κ1) is 15.5. The number of hydrogen-bond donors (Lipinski definition) is 1. The minimum atomic E-state index is -0.459. The third-order valence-corrected chi connectivity index (χ3v) is 4.07. The Labute approximate surface area is 147 Å². The number of ether oxygens (including phenoxy) is 2. The molecule has 0 unspecified atom stereocenters. The summed E-state index contributed by atoms with van der Waals surface area (Å²) < 4.78 is 12.5. The summed E-state index contributed by atoms with van der Waals surface area (Å²) in [5.74, 6) is 1.18. The van der Waals surface area contributed by atoms with E-state index in [2.05, 4.69) is 10.3 Å². The smallest absolute Gasteiger partial charge is 0.372 e. The van der Waals surface area contributed by atoms with Crippen molar-refractivity contribution >= 4 is 28.9 Å². The molecule has 1 aliphatic heterocycles. The van der Waals surface area contributed by atoms with E-state index in [4.69, 9.17) is 21.1 Å². The van der Waals surface area contributed by atoms with E-state index in [1.807, 2.05) is 0 Å². The van der Waals surface area contributed by atoms with E-state index in [1.165, 1.54) is 4.40 Å². The van der Waals surface area contributed by atoms with Crippen LogP contribution in [0.5, 0.6) is 11.5 Å². The fourth-order valence-corrected chi connectivity index (χ4v) is 3.02. The fraction of sp³-hybridized carbons (Fsp3) is 0.188. The second kappa shape index (κ2) is 6.14. The van der Waals surface area contributed by atoms with E-state index in [1.54, 1.807) is 36.5 Å². The Morgan fingerprint density at radius 2 is 2.16 bits per heavy atom. The van der Waals surface area contributed by atoms with Crippen LogP contribution in [-0.4, -0.2) is 27.5 Å². The average Bonchev–Trinajstić information content (AvgIpc) is 2.98. The van der Waals surface area contributed by atoms with Crippen LogP contribution in [0.4, 0.5) is 11.6 Å². The predicted molar refractivity (Wildman–Crippen MR) is 91.6 cm³/mol. The normalized spacial score (nSPS) is 13.0. The maximum Gasteiger partial charge on any atom is 0.372 e. The van der Waals surface area contributed by atoms with E-state index >= 15 is 0 Å². The van der Waals surface area contributed by atoms with Crippen LogP contribution in [0.1, 0.15) is 5.56 Å². The van der Waals surface area contributed by atoms with Gasteiger partial charge in [0.15, 0.2) is 11.5 Å².